The fourth-order valence-corrected chi connectivity index (χ4v) is 2.58. The number of aryl methyl sites for hydroxylation is 1. The number of carbonyl (C=O) groups is 2. The Kier molecular flexibility index (Phi) is 5.74. The van der Waals surface area contributed by atoms with E-state index in [9.17, 15) is 9.59 Å². The lowest BCUT2D eigenvalue weighted by molar-refractivity contribution is -0.123. The number of ether oxygens (including phenoxy) is 2. The van der Waals surface area contributed by atoms with Crippen molar-refractivity contribution in [2.75, 3.05) is 12.4 Å². The van der Waals surface area contributed by atoms with Crippen molar-refractivity contribution < 1.29 is 19.1 Å². The first kappa shape index (κ1) is 19.2. The van der Waals surface area contributed by atoms with Gasteiger partial charge >= 0.3 is 5.97 Å². The number of hydrogen-bond acceptors (Lipinski definition) is 5. The summed E-state index contributed by atoms with van der Waals surface area (Å²) >= 11 is 0. The number of rotatable bonds is 6. The van der Waals surface area contributed by atoms with Gasteiger partial charge in [-0.3, -0.25) is 4.79 Å². The highest BCUT2D eigenvalue weighted by Crippen LogP contribution is 2.16. The van der Waals surface area contributed by atoms with E-state index in [1.54, 1.807) is 66.5 Å². The molecule has 1 unspecified atom stereocenters. The van der Waals surface area contributed by atoms with Crippen molar-refractivity contribution in [3.8, 4) is 11.4 Å². The second-order valence-corrected chi connectivity index (χ2v) is 6.20. The van der Waals surface area contributed by atoms with Gasteiger partial charge in [0, 0.05) is 17.6 Å². The summed E-state index contributed by atoms with van der Waals surface area (Å²) in [5.74, 6) is -0.297. The van der Waals surface area contributed by atoms with Gasteiger partial charge in [0.1, 0.15) is 5.75 Å². The van der Waals surface area contributed by atoms with Gasteiger partial charge in [-0.25, -0.2) is 9.48 Å². The molecule has 144 valence electrons. The van der Waals surface area contributed by atoms with Crippen molar-refractivity contribution in [1.82, 2.24) is 9.78 Å². The predicted octanol–water partition coefficient (Wildman–Crippen LogP) is 3.37. The van der Waals surface area contributed by atoms with Crippen LogP contribution in [0.25, 0.3) is 5.69 Å². The minimum atomic E-state index is -0.942. The highest BCUT2D eigenvalue weighted by atomic mass is 16.5. The Balaban J connectivity index is 1.60. The molecule has 2 aromatic carbocycles. The minimum Gasteiger partial charge on any atom is -0.497 e. The molecule has 0 aliphatic rings. The van der Waals surface area contributed by atoms with Crippen LogP contribution < -0.4 is 10.1 Å². The second kappa shape index (κ2) is 8.39. The van der Waals surface area contributed by atoms with Crippen LogP contribution in [0.3, 0.4) is 0 Å². The van der Waals surface area contributed by atoms with E-state index in [4.69, 9.17) is 9.47 Å². The van der Waals surface area contributed by atoms with Crippen molar-refractivity contribution in [3.63, 3.8) is 0 Å². The molecule has 7 nitrogen and oxygen atoms in total. The lowest BCUT2D eigenvalue weighted by Gasteiger charge is -2.14. The maximum atomic E-state index is 12.3. The summed E-state index contributed by atoms with van der Waals surface area (Å²) in [6.07, 6.45) is 0.767. The van der Waals surface area contributed by atoms with Crippen molar-refractivity contribution >= 4 is 17.6 Å². The van der Waals surface area contributed by atoms with Gasteiger partial charge in [-0.2, -0.15) is 5.10 Å². The average molecular weight is 379 g/mol. The Labute approximate surface area is 162 Å². The molecular weight excluding hydrogens is 358 g/mol. The quantitative estimate of drug-likeness (QED) is 0.664. The Morgan fingerprint density at radius 3 is 2.29 bits per heavy atom. The van der Waals surface area contributed by atoms with Gasteiger partial charge in [-0.15, -0.1) is 0 Å². The van der Waals surface area contributed by atoms with E-state index in [0.717, 1.165) is 11.4 Å². The molecule has 7 heteroatoms. The summed E-state index contributed by atoms with van der Waals surface area (Å²) in [6, 6.07) is 15.6. The van der Waals surface area contributed by atoms with Crippen LogP contribution in [-0.4, -0.2) is 34.9 Å². The van der Waals surface area contributed by atoms with E-state index in [-0.39, 0.29) is 0 Å². The van der Waals surface area contributed by atoms with Crippen LogP contribution in [0.4, 0.5) is 5.69 Å². The van der Waals surface area contributed by atoms with Crippen molar-refractivity contribution in [2.24, 2.45) is 0 Å². The summed E-state index contributed by atoms with van der Waals surface area (Å²) < 4.78 is 12.1. The van der Waals surface area contributed by atoms with Gasteiger partial charge in [0.25, 0.3) is 5.91 Å². The van der Waals surface area contributed by atoms with E-state index < -0.39 is 18.0 Å². The smallest absolute Gasteiger partial charge is 0.338 e. The summed E-state index contributed by atoms with van der Waals surface area (Å²) in [7, 11) is 1.57. The number of methoxy groups -OCH3 is 1. The number of anilines is 1. The lowest BCUT2D eigenvalue weighted by atomic mass is 10.2. The maximum absolute atomic E-state index is 12.3. The molecule has 0 saturated carbocycles. The Hall–Kier alpha value is -3.61. The molecule has 0 fully saturated rings. The monoisotopic (exact) mass is 379 g/mol. The zero-order valence-electron chi connectivity index (χ0n) is 15.9. The lowest BCUT2D eigenvalue weighted by Crippen LogP contribution is -2.30. The van der Waals surface area contributed by atoms with Gasteiger partial charge < -0.3 is 14.8 Å². The molecule has 0 spiro atoms. The number of nitrogens with zero attached hydrogens (tertiary/aromatic N) is 2. The molecule has 1 N–H and O–H groups in total. The van der Waals surface area contributed by atoms with Crippen LogP contribution in [0.1, 0.15) is 23.0 Å². The van der Waals surface area contributed by atoms with Gasteiger partial charge in [-0.1, -0.05) is 0 Å². The predicted molar refractivity (Wildman–Crippen MR) is 105 cm³/mol. The molecule has 0 saturated heterocycles. The van der Waals surface area contributed by atoms with Crippen LogP contribution >= 0.6 is 0 Å². The van der Waals surface area contributed by atoms with Gasteiger partial charge in [-0.05, 0) is 68.4 Å². The summed E-state index contributed by atoms with van der Waals surface area (Å²) in [4.78, 5) is 24.6. The van der Waals surface area contributed by atoms with E-state index in [1.807, 2.05) is 13.0 Å². The molecule has 1 atom stereocenters. The summed E-state index contributed by atoms with van der Waals surface area (Å²) in [6.45, 7) is 3.47. The molecule has 1 aromatic heterocycles. The van der Waals surface area contributed by atoms with Crippen molar-refractivity contribution in [2.45, 2.75) is 20.0 Å². The standard InChI is InChI=1S/C21H21N3O4/c1-14-12-13-22-24(14)18-8-4-16(5-9-18)21(26)28-15(2)20(25)23-17-6-10-19(27-3)11-7-17/h4-13,15H,1-3H3,(H,23,25). The van der Waals surface area contributed by atoms with Crippen LogP contribution in [-0.2, 0) is 9.53 Å². The molecule has 0 aliphatic heterocycles. The first-order valence-corrected chi connectivity index (χ1v) is 8.75. The molecule has 0 aliphatic carbocycles. The van der Waals surface area contributed by atoms with Gasteiger partial charge in [0.05, 0.1) is 18.4 Å². The van der Waals surface area contributed by atoms with E-state index in [1.165, 1.54) is 6.92 Å². The molecular formula is C21H21N3O4. The van der Waals surface area contributed by atoms with Crippen LogP contribution in [0.5, 0.6) is 5.75 Å². The summed E-state index contributed by atoms with van der Waals surface area (Å²) in [5, 5.41) is 6.92. The number of hydrogen-bond donors (Lipinski definition) is 1. The van der Waals surface area contributed by atoms with E-state index in [2.05, 4.69) is 10.4 Å². The SMILES string of the molecule is COc1ccc(NC(=O)C(C)OC(=O)c2ccc(-n3nccc3C)cc2)cc1. The fraction of sp³-hybridized carbons (Fsp3) is 0.190. The van der Waals surface area contributed by atoms with Crippen LogP contribution in [0, 0.1) is 6.92 Å². The van der Waals surface area contributed by atoms with Gasteiger partial charge in [0.15, 0.2) is 6.10 Å². The average Bonchev–Trinajstić information content (AvgIpc) is 3.14. The van der Waals surface area contributed by atoms with E-state index >= 15 is 0 Å². The highest BCUT2D eigenvalue weighted by Gasteiger charge is 2.19. The van der Waals surface area contributed by atoms with Crippen LogP contribution in [0.15, 0.2) is 60.8 Å². The third-order valence-electron chi connectivity index (χ3n) is 4.19. The highest BCUT2D eigenvalue weighted by molar-refractivity contribution is 5.97. The van der Waals surface area contributed by atoms with Gasteiger partial charge in [0.2, 0.25) is 0 Å². The zero-order valence-corrected chi connectivity index (χ0v) is 15.9. The van der Waals surface area contributed by atoms with E-state index in [0.29, 0.717) is 17.0 Å². The molecule has 3 rings (SSSR count). The number of nitrogens with one attached hydrogen (secondary N) is 1. The third kappa shape index (κ3) is 4.37. The Morgan fingerprint density at radius 2 is 1.71 bits per heavy atom. The molecule has 1 amide bonds. The Morgan fingerprint density at radius 1 is 1.04 bits per heavy atom. The summed E-state index contributed by atoms with van der Waals surface area (Å²) in [5.41, 5.74) is 2.77. The largest absolute Gasteiger partial charge is 0.497 e. The first-order chi connectivity index (χ1) is 13.5. The third-order valence-corrected chi connectivity index (χ3v) is 4.19. The maximum Gasteiger partial charge on any atom is 0.338 e. The molecule has 1 heterocycles. The zero-order chi connectivity index (χ0) is 20.1. The van der Waals surface area contributed by atoms with Crippen LogP contribution in [0.2, 0.25) is 0 Å². The number of benzene rings is 2. The number of amides is 1. The second-order valence-electron chi connectivity index (χ2n) is 6.20. The topological polar surface area (TPSA) is 82.5 Å². The van der Waals surface area contributed by atoms with Crippen molar-refractivity contribution in [1.29, 1.82) is 0 Å². The molecule has 0 bridgehead atoms. The Bertz CT molecular complexity index is 962. The number of carbonyl (C=O) groups excluding carboxylic acids is 2. The number of esters is 1. The first-order valence-electron chi connectivity index (χ1n) is 8.75. The minimum absolute atomic E-state index is 0.359. The fourth-order valence-electron chi connectivity index (χ4n) is 2.58. The molecule has 0 radical (unpaired) electrons. The molecule has 3 aromatic rings. The number of aromatic nitrogens is 2. The molecule has 28 heavy (non-hydrogen) atoms. The normalized spacial score (nSPS) is 11.5. The van der Waals surface area contributed by atoms with Crippen molar-refractivity contribution in [3.05, 3.63) is 72.1 Å².